The van der Waals surface area contributed by atoms with Crippen molar-refractivity contribution in [2.75, 3.05) is 13.7 Å². The van der Waals surface area contributed by atoms with E-state index in [0.717, 1.165) is 16.0 Å². The van der Waals surface area contributed by atoms with Crippen LogP contribution in [0.3, 0.4) is 0 Å². The first kappa shape index (κ1) is 15.1. The van der Waals surface area contributed by atoms with Crippen LogP contribution in [0.25, 0.3) is 10.2 Å². The number of fused-ring (bicyclic) bond motifs is 1. The van der Waals surface area contributed by atoms with Crippen molar-refractivity contribution in [2.24, 2.45) is 5.73 Å². The third kappa shape index (κ3) is 3.74. The number of ketones is 1. The molecule has 0 bridgehead atoms. The van der Waals surface area contributed by atoms with Gasteiger partial charge in [-0.05, 0) is 26.1 Å². The highest BCUT2D eigenvalue weighted by Crippen LogP contribution is 2.26. The topological polar surface area (TPSA) is 89.0 Å². The lowest BCUT2D eigenvalue weighted by Crippen LogP contribution is -1.95. The van der Waals surface area contributed by atoms with Crippen LogP contribution in [0.15, 0.2) is 18.2 Å². The minimum absolute atomic E-state index is 0.127. The second-order valence-electron chi connectivity index (χ2n) is 3.34. The number of nitrogens with zero attached hydrogens (tertiary/aromatic N) is 2. The van der Waals surface area contributed by atoms with Crippen molar-refractivity contribution in [2.45, 2.75) is 13.3 Å². The van der Waals surface area contributed by atoms with Gasteiger partial charge in [0.05, 0.1) is 22.9 Å². The highest BCUT2D eigenvalue weighted by atomic mass is 32.1. The second kappa shape index (κ2) is 7.46. The normalized spacial score (nSPS) is 9.37. The molecule has 0 spiro atoms. The number of Topliss-reactive ketones (excluding diaryl/α,β-unsaturated/α-hetero) is 1. The number of aromatic nitrogens is 1. The third-order valence-electron chi connectivity index (χ3n) is 2.15. The van der Waals surface area contributed by atoms with Crippen molar-refractivity contribution in [3.05, 3.63) is 23.2 Å². The summed E-state index contributed by atoms with van der Waals surface area (Å²) in [5, 5.41) is 8.86. The number of nitriles is 1. The first-order valence-electron chi connectivity index (χ1n) is 5.76. The summed E-state index contributed by atoms with van der Waals surface area (Å²) in [4.78, 5) is 15.7. The van der Waals surface area contributed by atoms with Crippen molar-refractivity contribution in [1.82, 2.24) is 4.98 Å². The number of benzene rings is 1. The lowest BCUT2D eigenvalue weighted by molar-refractivity contribution is 0.0997. The van der Waals surface area contributed by atoms with Gasteiger partial charge in [0.25, 0.3) is 0 Å². The number of carbonyl (C=O) groups excluding carboxylic acids is 1. The minimum atomic E-state index is -0.230. The fraction of sp³-hybridized carbons (Fsp3) is 0.308. The Balaban J connectivity index is 0.000000861. The molecule has 0 fully saturated rings. The molecule has 0 aliphatic carbocycles. The van der Waals surface area contributed by atoms with Gasteiger partial charge in [0.1, 0.15) is 12.2 Å². The van der Waals surface area contributed by atoms with Gasteiger partial charge in [-0.3, -0.25) is 4.79 Å². The molecule has 0 saturated carbocycles. The Morgan fingerprint density at radius 1 is 1.53 bits per heavy atom. The minimum Gasteiger partial charge on any atom is -0.494 e. The number of rotatable bonds is 4. The van der Waals surface area contributed by atoms with Gasteiger partial charge >= 0.3 is 0 Å². The number of nitrogens with two attached hydrogens (primary N) is 1. The van der Waals surface area contributed by atoms with Gasteiger partial charge in [-0.15, -0.1) is 11.3 Å². The average Bonchev–Trinajstić information content (AvgIpc) is 2.85. The predicted molar refractivity (Wildman–Crippen MR) is 75.5 cm³/mol. The van der Waals surface area contributed by atoms with Gasteiger partial charge in [0.2, 0.25) is 5.78 Å². The second-order valence-corrected chi connectivity index (χ2v) is 4.37. The van der Waals surface area contributed by atoms with Crippen LogP contribution in [0.4, 0.5) is 0 Å². The maximum atomic E-state index is 11.5. The molecular weight excluding hydrogens is 262 g/mol. The summed E-state index contributed by atoms with van der Waals surface area (Å²) in [6.07, 6.45) is -0.127. The van der Waals surface area contributed by atoms with E-state index in [-0.39, 0.29) is 12.2 Å². The Morgan fingerprint density at radius 2 is 2.26 bits per heavy atom. The Morgan fingerprint density at radius 3 is 2.89 bits per heavy atom. The van der Waals surface area contributed by atoms with Crippen LogP contribution in [0, 0.1) is 11.3 Å². The Bertz CT molecular complexity index is 601. The van der Waals surface area contributed by atoms with Crippen molar-refractivity contribution < 1.29 is 9.53 Å². The molecule has 5 nitrogen and oxygen atoms in total. The summed E-state index contributed by atoms with van der Waals surface area (Å²) in [5.41, 5.74) is 5.24. The van der Waals surface area contributed by atoms with E-state index >= 15 is 0 Å². The van der Waals surface area contributed by atoms with E-state index in [1.54, 1.807) is 6.07 Å². The molecule has 100 valence electrons. The zero-order valence-corrected chi connectivity index (χ0v) is 11.7. The fourth-order valence-electron chi connectivity index (χ4n) is 1.43. The smallest absolute Gasteiger partial charge is 0.205 e. The molecule has 0 aliphatic rings. The number of hydrogen-bond acceptors (Lipinski definition) is 6. The zero-order valence-electron chi connectivity index (χ0n) is 10.8. The summed E-state index contributed by atoms with van der Waals surface area (Å²) < 4.78 is 6.28. The summed E-state index contributed by atoms with van der Waals surface area (Å²) >= 11 is 1.30. The van der Waals surface area contributed by atoms with Crippen molar-refractivity contribution in [3.63, 3.8) is 0 Å². The Labute approximate surface area is 115 Å². The fourth-order valence-corrected chi connectivity index (χ4v) is 2.31. The van der Waals surface area contributed by atoms with E-state index in [1.807, 2.05) is 25.1 Å². The van der Waals surface area contributed by atoms with Crippen LogP contribution in [0.5, 0.6) is 5.75 Å². The van der Waals surface area contributed by atoms with Gasteiger partial charge in [-0.1, -0.05) is 0 Å². The van der Waals surface area contributed by atoms with Gasteiger partial charge in [-0.2, -0.15) is 5.26 Å². The Kier molecular flexibility index (Phi) is 5.93. The molecule has 1 heterocycles. The van der Waals surface area contributed by atoms with Crippen LogP contribution in [-0.4, -0.2) is 24.4 Å². The van der Waals surface area contributed by atoms with Crippen molar-refractivity contribution in [1.29, 1.82) is 5.26 Å². The maximum absolute atomic E-state index is 11.5. The monoisotopic (exact) mass is 277 g/mol. The SMILES string of the molecule is CCOc1ccc2sc(C(=O)CC#N)nc2c1.CN. The number of carbonyl (C=O) groups is 1. The molecule has 2 aromatic rings. The van der Waals surface area contributed by atoms with E-state index in [9.17, 15) is 4.79 Å². The molecule has 2 N–H and O–H groups in total. The van der Waals surface area contributed by atoms with E-state index in [1.165, 1.54) is 18.4 Å². The molecule has 6 heteroatoms. The van der Waals surface area contributed by atoms with Crippen LogP contribution < -0.4 is 10.5 Å². The van der Waals surface area contributed by atoms with Crippen LogP contribution >= 0.6 is 11.3 Å². The molecule has 0 unspecified atom stereocenters. The van der Waals surface area contributed by atoms with Gasteiger partial charge in [-0.25, -0.2) is 4.98 Å². The van der Waals surface area contributed by atoms with Gasteiger partial charge in [0.15, 0.2) is 5.01 Å². The summed E-state index contributed by atoms with van der Waals surface area (Å²) in [6.45, 7) is 2.50. The molecule has 2 rings (SSSR count). The molecule has 0 saturated heterocycles. The Hall–Kier alpha value is -1.97. The van der Waals surface area contributed by atoms with Crippen molar-refractivity contribution >= 4 is 27.3 Å². The van der Waals surface area contributed by atoms with E-state index in [2.05, 4.69) is 10.7 Å². The zero-order chi connectivity index (χ0) is 14.3. The van der Waals surface area contributed by atoms with Gasteiger partial charge < -0.3 is 10.5 Å². The van der Waals surface area contributed by atoms with Crippen molar-refractivity contribution in [3.8, 4) is 11.8 Å². The quantitative estimate of drug-likeness (QED) is 0.866. The summed E-state index contributed by atoms with van der Waals surface area (Å²) in [7, 11) is 1.50. The number of ether oxygens (including phenoxy) is 1. The molecular formula is C13H15N3O2S. The molecule has 0 aliphatic heterocycles. The lowest BCUT2D eigenvalue weighted by Gasteiger charge is -2.00. The van der Waals surface area contributed by atoms with E-state index < -0.39 is 0 Å². The first-order valence-corrected chi connectivity index (χ1v) is 6.57. The average molecular weight is 277 g/mol. The van der Waals surface area contributed by atoms with E-state index in [4.69, 9.17) is 10.00 Å². The van der Waals surface area contributed by atoms with Crippen LogP contribution in [-0.2, 0) is 0 Å². The highest BCUT2D eigenvalue weighted by molar-refractivity contribution is 7.20. The molecule has 0 atom stereocenters. The summed E-state index contributed by atoms with van der Waals surface area (Å²) in [5.74, 6) is 0.510. The third-order valence-corrected chi connectivity index (χ3v) is 3.23. The molecule has 0 amide bonds. The van der Waals surface area contributed by atoms with Crippen LogP contribution in [0.1, 0.15) is 23.1 Å². The number of thiazole rings is 1. The lowest BCUT2D eigenvalue weighted by atomic mass is 10.3. The molecule has 19 heavy (non-hydrogen) atoms. The molecule has 1 aromatic heterocycles. The largest absolute Gasteiger partial charge is 0.494 e. The predicted octanol–water partition coefficient (Wildman–Crippen LogP) is 2.37. The standard InChI is InChI=1S/C12H10N2O2S.CH5N/c1-2-16-8-3-4-11-9(7-8)14-12(17-11)10(15)5-6-13;1-2/h3-4,7H,2,5H2,1H3;2H2,1H3. The molecule has 0 radical (unpaired) electrons. The van der Waals surface area contributed by atoms with Crippen LogP contribution in [0.2, 0.25) is 0 Å². The molecule has 1 aromatic carbocycles. The maximum Gasteiger partial charge on any atom is 0.205 e. The highest BCUT2D eigenvalue weighted by Gasteiger charge is 2.12. The number of hydrogen-bond donors (Lipinski definition) is 1. The summed E-state index contributed by atoms with van der Waals surface area (Å²) in [6, 6.07) is 7.36. The first-order chi connectivity index (χ1) is 9.24. The van der Waals surface area contributed by atoms with Gasteiger partial charge in [0, 0.05) is 6.07 Å². The van der Waals surface area contributed by atoms with E-state index in [0.29, 0.717) is 11.6 Å².